The van der Waals surface area contributed by atoms with Crippen molar-refractivity contribution >= 4 is 5.91 Å². The number of carbonyl (C=O) groups excluding carboxylic acids is 1. The molecule has 1 amide bonds. The normalized spacial score (nSPS) is 19.2. The molecule has 0 aromatic carbocycles. The minimum Gasteiger partial charge on any atom is -0.469 e. The molecule has 88 valence electrons. The highest BCUT2D eigenvalue weighted by molar-refractivity contribution is 5.95. The lowest BCUT2D eigenvalue weighted by atomic mass is 9.96. The van der Waals surface area contributed by atoms with Crippen molar-refractivity contribution in [1.29, 1.82) is 0 Å². The summed E-state index contributed by atoms with van der Waals surface area (Å²) in [7, 11) is 0. The van der Waals surface area contributed by atoms with Crippen molar-refractivity contribution in [3.8, 4) is 0 Å². The van der Waals surface area contributed by atoms with Crippen LogP contribution in [0.25, 0.3) is 0 Å². The molecule has 1 fully saturated rings. The summed E-state index contributed by atoms with van der Waals surface area (Å²) in [5.41, 5.74) is 0.0428. The molecule has 0 bridgehead atoms. The van der Waals surface area contributed by atoms with E-state index in [1.807, 2.05) is 6.92 Å². The van der Waals surface area contributed by atoms with Gasteiger partial charge in [0.25, 0.3) is 5.91 Å². The van der Waals surface area contributed by atoms with E-state index in [2.05, 4.69) is 5.32 Å². The van der Waals surface area contributed by atoms with Gasteiger partial charge in [0.2, 0.25) is 0 Å². The first kappa shape index (κ1) is 11.2. The van der Waals surface area contributed by atoms with Crippen LogP contribution in [0.1, 0.15) is 35.9 Å². The predicted molar refractivity (Wildman–Crippen MR) is 59.1 cm³/mol. The zero-order valence-electron chi connectivity index (χ0n) is 9.62. The van der Waals surface area contributed by atoms with E-state index < -0.39 is 5.54 Å². The van der Waals surface area contributed by atoms with Crippen LogP contribution in [0.15, 0.2) is 16.7 Å². The molecule has 1 aliphatic carbocycles. The number of hydrogen-bond donors (Lipinski definition) is 2. The lowest BCUT2D eigenvalue weighted by molar-refractivity contribution is 0.0823. The molecule has 1 saturated carbocycles. The molecule has 0 unspecified atom stereocenters. The summed E-state index contributed by atoms with van der Waals surface area (Å²) < 4.78 is 5.09. The fourth-order valence-corrected chi connectivity index (χ4v) is 1.94. The molecular weight excluding hydrogens is 206 g/mol. The van der Waals surface area contributed by atoms with Gasteiger partial charge in [-0.1, -0.05) is 0 Å². The van der Waals surface area contributed by atoms with Crippen LogP contribution in [0.2, 0.25) is 0 Å². The van der Waals surface area contributed by atoms with Crippen molar-refractivity contribution in [2.75, 3.05) is 6.61 Å². The third-order valence-electron chi connectivity index (χ3n) is 3.31. The van der Waals surface area contributed by atoms with E-state index >= 15 is 0 Å². The standard InChI is InChI=1S/C12H17NO3/c1-8-10(5-6-16-8)11(15)13-12(2,7-14)9-3-4-9/h5-6,9,14H,3-4,7H2,1-2H3,(H,13,15)/t12-/m0/s1. The highest BCUT2D eigenvalue weighted by Crippen LogP contribution is 2.39. The highest BCUT2D eigenvalue weighted by Gasteiger charge is 2.42. The van der Waals surface area contributed by atoms with Gasteiger partial charge in [-0.3, -0.25) is 4.79 Å². The van der Waals surface area contributed by atoms with Crippen LogP contribution >= 0.6 is 0 Å². The van der Waals surface area contributed by atoms with Gasteiger partial charge >= 0.3 is 0 Å². The first-order valence-electron chi connectivity index (χ1n) is 5.54. The number of rotatable bonds is 4. The van der Waals surface area contributed by atoms with Crippen LogP contribution in [-0.2, 0) is 0 Å². The Morgan fingerprint density at radius 1 is 1.69 bits per heavy atom. The Balaban J connectivity index is 2.09. The molecule has 16 heavy (non-hydrogen) atoms. The Hall–Kier alpha value is -1.29. The number of aryl methyl sites for hydroxylation is 1. The van der Waals surface area contributed by atoms with E-state index in [4.69, 9.17) is 4.42 Å². The fraction of sp³-hybridized carbons (Fsp3) is 0.583. The highest BCUT2D eigenvalue weighted by atomic mass is 16.3. The number of furan rings is 1. The van der Waals surface area contributed by atoms with E-state index in [1.54, 1.807) is 13.0 Å². The second-order valence-electron chi connectivity index (χ2n) is 4.69. The second kappa shape index (κ2) is 3.94. The largest absolute Gasteiger partial charge is 0.469 e. The third-order valence-corrected chi connectivity index (χ3v) is 3.31. The summed E-state index contributed by atoms with van der Waals surface area (Å²) in [5, 5.41) is 12.3. The Morgan fingerprint density at radius 3 is 2.81 bits per heavy atom. The van der Waals surface area contributed by atoms with Crippen molar-refractivity contribution < 1.29 is 14.3 Å². The van der Waals surface area contributed by atoms with Gasteiger partial charge in [0.15, 0.2) is 0 Å². The topological polar surface area (TPSA) is 62.5 Å². The van der Waals surface area contributed by atoms with Gasteiger partial charge in [0, 0.05) is 0 Å². The van der Waals surface area contributed by atoms with Crippen LogP contribution in [0.3, 0.4) is 0 Å². The van der Waals surface area contributed by atoms with Gasteiger partial charge in [0.05, 0.1) is 24.0 Å². The fourth-order valence-electron chi connectivity index (χ4n) is 1.94. The van der Waals surface area contributed by atoms with Crippen LogP contribution < -0.4 is 5.32 Å². The van der Waals surface area contributed by atoms with E-state index in [0.717, 1.165) is 12.8 Å². The maximum Gasteiger partial charge on any atom is 0.255 e. The first-order valence-corrected chi connectivity index (χ1v) is 5.54. The first-order chi connectivity index (χ1) is 7.57. The van der Waals surface area contributed by atoms with Gasteiger partial charge in [-0.05, 0) is 38.7 Å². The van der Waals surface area contributed by atoms with E-state index in [0.29, 0.717) is 17.2 Å². The Morgan fingerprint density at radius 2 is 2.38 bits per heavy atom. The number of aliphatic hydroxyl groups is 1. The van der Waals surface area contributed by atoms with Gasteiger partial charge in [0.1, 0.15) is 5.76 Å². The smallest absolute Gasteiger partial charge is 0.255 e. The molecule has 1 aromatic rings. The summed E-state index contributed by atoms with van der Waals surface area (Å²) in [6, 6.07) is 1.65. The number of aliphatic hydroxyl groups excluding tert-OH is 1. The molecule has 2 N–H and O–H groups in total. The zero-order valence-corrected chi connectivity index (χ0v) is 9.62. The molecule has 0 aliphatic heterocycles. The molecule has 0 spiro atoms. The van der Waals surface area contributed by atoms with Gasteiger partial charge in [-0.15, -0.1) is 0 Å². The molecular formula is C12H17NO3. The van der Waals surface area contributed by atoms with Gasteiger partial charge in [-0.25, -0.2) is 0 Å². The number of amides is 1. The number of hydrogen-bond acceptors (Lipinski definition) is 3. The number of nitrogens with one attached hydrogen (secondary N) is 1. The quantitative estimate of drug-likeness (QED) is 0.812. The van der Waals surface area contributed by atoms with Crippen molar-refractivity contribution in [3.05, 3.63) is 23.7 Å². The molecule has 1 aromatic heterocycles. The summed E-state index contributed by atoms with van der Waals surface area (Å²) in [6.07, 6.45) is 3.64. The second-order valence-corrected chi connectivity index (χ2v) is 4.69. The number of carbonyl (C=O) groups is 1. The van der Waals surface area contributed by atoms with Gasteiger partial charge < -0.3 is 14.8 Å². The Bertz CT molecular complexity index is 395. The Kier molecular flexibility index (Phi) is 2.76. The third kappa shape index (κ3) is 1.97. The van der Waals surface area contributed by atoms with Crippen LogP contribution in [0.4, 0.5) is 0 Å². The molecule has 1 heterocycles. The maximum absolute atomic E-state index is 12.0. The summed E-state index contributed by atoms with van der Waals surface area (Å²) >= 11 is 0. The maximum atomic E-state index is 12.0. The monoisotopic (exact) mass is 223 g/mol. The average molecular weight is 223 g/mol. The predicted octanol–water partition coefficient (Wildman–Crippen LogP) is 1.48. The van der Waals surface area contributed by atoms with Crippen molar-refractivity contribution in [3.63, 3.8) is 0 Å². The zero-order chi connectivity index (χ0) is 11.8. The van der Waals surface area contributed by atoms with Crippen LogP contribution in [-0.4, -0.2) is 23.2 Å². The minimum atomic E-state index is -0.499. The van der Waals surface area contributed by atoms with Crippen molar-refractivity contribution in [2.45, 2.75) is 32.2 Å². The van der Waals surface area contributed by atoms with E-state index in [-0.39, 0.29) is 12.5 Å². The van der Waals surface area contributed by atoms with E-state index in [1.165, 1.54) is 6.26 Å². The molecule has 1 atom stereocenters. The SMILES string of the molecule is Cc1occc1C(=O)N[C@@](C)(CO)C1CC1. The van der Waals surface area contributed by atoms with Crippen molar-refractivity contribution in [2.24, 2.45) is 5.92 Å². The molecule has 4 nitrogen and oxygen atoms in total. The molecule has 2 rings (SSSR count). The minimum absolute atomic E-state index is 0.0275. The molecule has 0 saturated heterocycles. The van der Waals surface area contributed by atoms with Crippen molar-refractivity contribution in [1.82, 2.24) is 5.32 Å². The molecule has 1 aliphatic rings. The average Bonchev–Trinajstić information content (AvgIpc) is 3.02. The summed E-state index contributed by atoms with van der Waals surface area (Å²) in [6.45, 7) is 3.61. The lowest BCUT2D eigenvalue weighted by Crippen LogP contribution is -2.50. The van der Waals surface area contributed by atoms with Crippen LogP contribution in [0.5, 0.6) is 0 Å². The van der Waals surface area contributed by atoms with Crippen LogP contribution in [0, 0.1) is 12.8 Å². The van der Waals surface area contributed by atoms with E-state index in [9.17, 15) is 9.90 Å². The Labute approximate surface area is 94.6 Å². The molecule has 0 radical (unpaired) electrons. The lowest BCUT2D eigenvalue weighted by Gasteiger charge is -2.28. The summed E-state index contributed by atoms with van der Waals surface area (Å²) in [4.78, 5) is 12.0. The van der Waals surface area contributed by atoms with Gasteiger partial charge in [-0.2, -0.15) is 0 Å². The molecule has 4 heteroatoms. The summed E-state index contributed by atoms with van der Waals surface area (Å²) in [5.74, 6) is 0.831.